The van der Waals surface area contributed by atoms with Gasteiger partial charge in [0, 0.05) is 34.0 Å². The van der Waals surface area contributed by atoms with E-state index >= 15 is 9.13 Å². The summed E-state index contributed by atoms with van der Waals surface area (Å²) in [5.41, 5.74) is 7.79. The molecule has 10 rings (SSSR count). The molecule has 2 aliphatic heterocycles. The Morgan fingerprint density at radius 2 is 0.726 bits per heavy atom. The first-order valence-corrected chi connectivity index (χ1v) is 26.1. The van der Waals surface area contributed by atoms with Crippen LogP contribution in [0.5, 0.6) is 11.5 Å². The molecular formula is C52H42N2O4P2S2. The zero-order valence-corrected chi connectivity index (χ0v) is 37.0. The predicted octanol–water partition coefficient (Wildman–Crippen LogP) is 13.4. The van der Waals surface area contributed by atoms with Crippen LogP contribution in [0.4, 0.5) is 0 Å². The van der Waals surface area contributed by atoms with Gasteiger partial charge in [-0.05, 0) is 81.9 Å². The molecule has 0 fully saturated rings. The maximum Gasteiger partial charge on any atom is 0.298 e. The quantitative estimate of drug-likeness (QED) is 0.0876. The summed E-state index contributed by atoms with van der Waals surface area (Å²) in [6.45, 7) is 1.02. The number of hydrogen-bond donors (Lipinski definition) is 2. The fourth-order valence-corrected chi connectivity index (χ4v) is 15.5. The Balaban J connectivity index is 0.800. The molecule has 10 heteroatoms. The number of rotatable bonds is 13. The van der Waals surface area contributed by atoms with E-state index in [9.17, 15) is 0 Å². The molecule has 0 saturated carbocycles. The molecule has 0 radical (unpaired) electrons. The third-order valence-electron chi connectivity index (χ3n) is 11.3. The predicted molar refractivity (Wildman–Crippen MR) is 256 cm³/mol. The van der Waals surface area contributed by atoms with Gasteiger partial charge in [-0.25, -0.2) is 0 Å². The molecule has 0 aromatic heterocycles. The lowest BCUT2D eigenvalue weighted by Crippen LogP contribution is -2.30. The third-order valence-corrected chi connectivity index (χ3v) is 19.1. The number of fused-ring (bicyclic) bond motifs is 6. The molecule has 8 aromatic carbocycles. The second-order valence-corrected chi connectivity index (χ2v) is 22.3. The van der Waals surface area contributed by atoms with Crippen molar-refractivity contribution in [2.45, 2.75) is 34.4 Å². The molecule has 8 aromatic rings. The summed E-state index contributed by atoms with van der Waals surface area (Å²) in [6.07, 6.45) is 0. The van der Waals surface area contributed by atoms with Crippen LogP contribution in [0.25, 0.3) is 22.3 Å². The molecule has 4 unspecified atom stereocenters. The maximum absolute atomic E-state index is 15.2. The van der Waals surface area contributed by atoms with Crippen molar-refractivity contribution in [3.63, 3.8) is 0 Å². The second-order valence-electron chi connectivity index (χ2n) is 15.2. The zero-order valence-electron chi connectivity index (χ0n) is 33.5. The molecule has 2 heterocycles. The van der Waals surface area contributed by atoms with Crippen molar-refractivity contribution in [1.29, 1.82) is 0 Å². The van der Waals surface area contributed by atoms with Gasteiger partial charge in [-0.1, -0.05) is 179 Å². The van der Waals surface area contributed by atoms with E-state index in [1.54, 1.807) is 21.6 Å². The highest BCUT2D eigenvalue weighted by Crippen LogP contribution is 2.64. The topological polar surface area (TPSA) is 76.7 Å². The minimum atomic E-state index is -3.46. The molecule has 6 nitrogen and oxygen atoms in total. The lowest BCUT2D eigenvalue weighted by molar-refractivity contribution is 0.461. The number of para-hydroxylation sites is 2. The zero-order chi connectivity index (χ0) is 41.9. The Hall–Kier alpha value is -5.56. The van der Waals surface area contributed by atoms with Gasteiger partial charge < -0.3 is 9.05 Å². The van der Waals surface area contributed by atoms with Crippen molar-refractivity contribution in [2.75, 3.05) is 0 Å². The Bertz CT molecular complexity index is 2750. The first-order valence-electron chi connectivity index (χ1n) is 20.5. The van der Waals surface area contributed by atoms with Crippen LogP contribution in [0.1, 0.15) is 33.8 Å². The van der Waals surface area contributed by atoms with Gasteiger partial charge in [0.2, 0.25) is 0 Å². The van der Waals surface area contributed by atoms with Crippen LogP contribution in [-0.4, -0.2) is 0 Å². The molecule has 4 atom stereocenters. The Morgan fingerprint density at radius 1 is 0.387 bits per heavy atom. The average molecular weight is 885 g/mol. The van der Waals surface area contributed by atoms with Crippen LogP contribution < -0.4 is 30.3 Å². The lowest BCUT2D eigenvalue weighted by atomic mass is 10.0. The smallest absolute Gasteiger partial charge is 0.298 e. The highest BCUT2D eigenvalue weighted by molar-refractivity contribution is 8.76. The molecule has 0 saturated heterocycles. The van der Waals surface area contributed by atoms with Gasteiger partial charge in [-0.3, -0.25) is 19.8 Å². The Morgan fingerprint density at radius 3 is 1.13 bits per heavy atom. The van der Waals surface area contributed by atoms with E-state index in [1.807, 2.05) is 158 Å². The van der Waals surface area contributed by atoms with E-state index in [4.69, 9.17) is 9.05 Å². The summed E-state index contributed by atoms with van der Waals surface area (Å²) in [5, 5.41) is 8.75. The van der Waals surface area contributed by atoms with Gasteiger partial charge in [-0.2, -0.15) is 0 Å². The second kappa shape index (κ2) is 17.7. The lowest BCUT2D eigenvalue weighted by Gasteiger charge is -2.34. The molecule has 0 amide bonds. The summed E-state index contributed by atoms with van der Waals surface area (Å²) in [5.74, 6) is 0.173. The molecule has 306 valence electrons. The Kier molecular flexibility index (Phi) is 11.5. The third kappa shape index (κ3) is 8.00. The van der Waals surface area contributed by atoms with Crippen molar-refractivity contribution in [3.8, 4) is 33.8 Å². The first-order chi connectivity index (χ1) is 30.5. The average Bonchev–Trinajstić information content (AvgIpc) is 3.33. The van der Waals surface area contributed by atoms with Crippen molar-refractivity contribution in [1.82, 2.24) is 10.6 Å². The number of hydrogen-bond acceptors (Lipinski definition) is 8. The highest BCUT2D eigenvalue weighted by Gasteiger charge is 2.45. The van der Waals surface area contributed by atoms with Crippen LogP contribution in [0.3, 0.4) is 0 Å². The normalized spacial score (nSPS) is 18.1. The largest absolute Gasteiger partial charge is 0.438 e. The summed E-state index contributed by atoms with van der Waals surface area (Å²) in [6, 6.07) is 68.4. The van der Waals surface area contributed by atoms with Gasteiger partial charge in [-0.15, -0.1) is 0 Å². The van der Waals surface area contributed by atoms with Gasteiger partial charge in [0.05, 0.1) is 10.6 Å². The van der Waals surface area contributed by atoms with E-state index in [1.165, 1.54) is 0 Å². The van der Waals surface area contributed by atoms with Crippen molar-refractivity contribution in [3.05, 3.63) is 229 Å². The fraction of sp³-hybridized carbons (Fsp3) is 0.0769. The van der Waals surface area contributed by atoms with E-state index < -0.39 is 26.3 Å². The van der Waals surface area contributed by atoms with Crippen molar-refractivity contribution < 1.29 is 18.2 Å². The minimum absolute atomic E-state index is 0.511. The summed E-state index contributed by atoms with van der Waals surface area (Å²) in [7, 11) is -3.52. The molecule has 62 heavy (non-hydrogen) atoms. The van der Waals surface area contributed by atoms with Crippen molar-refractivity contribution in [2.24, 2.45) is 0 Å². The number of benzene rings is 8. The molecule has 0 aliphatic carbocycles. The highest BCUT2D eigenvalue weighted by atomic mass is 33.1. The van der Waals surface area contributed by atoms with Gasteiger partial charge >= 0.3 is 0 Å². The molecule has 0 bridgehead atoms. The standard InChI is InChI=1S/C52H42N2O4P2S2/c55-59(49-25-13-9-21-45(49)43-19-7-11-23-47(43)57-59)51(39-15-3-1-4-16-39)53-35-37-27-31-41(32-28-37)61-62-42-33-29-38(30-34-42)36-54-52(40-17-5-2-6-18-40)60(56)50-26-14-10-22-46(50)44-20-8-12-24-48(44)58-60/h1-34,51-54H,35-36H2. The van der Waals surface area contributed by atoms with Crippen LogP contribution in [0, 0.1) is 0 Å². The minimum Gasteiger partial charge on any atom is -0.438 e. The van der Waals surface area contributed by atoms with E-state index in [2.05, 4.69) is 59.2 Å². The molecule has 2 aliphatic rings. The van der Waals surface area contributed by atoms with E-state index in [0.29, 0.717) is 24.6 Å². The summed E-state index contributed by atoms with van der Waals surface area (Å²) < 4.78 is 43.4. The Labute approximate surface area is 370 Å². The van der Waals surface area contributed by atoms with Gasteiger partial charge in [0.25, 0.3) is 14.7 Å². The molecule has 2 N–H and O–H groups in total. The molecular weight excluding hydrogens is 843 g/mol. The summed E-state index contributed by atoms with van der Waals surface area (Å²) in [4.78, 5) is 2.26. The van der Waals surface area contributed by atoms with Crippen molar-refractivity contribution >= 4 is 46.9 Å². The summed E-state index contributed by atoms with van der Waals surface area (Å²) >= 11 is 0. The van der Waals surface area contributed by atoms with Gasteiger partial charge in [0.15, 0.2) is 0 Å². The fourth-order valence-electron chi connectivity index (χ4n) is 8.25. The van der Waals surface area contributed by atoms with Gasteiger partial charge in [0.1, 0.15) is 23.1 Å². The van der Waals surface area contributed by atoms with E-state index in [0.717, 1.165) is 64.9 Å². The van der Waals surface area contributed by atoms with Crippen LogP contribution in [-0.2, 0) is 22.2 Å². The van der Waals surface area contributed by atoms with Crippen LogP contribution >= 0.6 is 36.3 Å². The number of nitrogens with one attached hydrogen (secondary N) is 2. The SMILES string of the molecule is O=P1(C(NCc2ccc(SSc3ccc(CNC(c4ccccc4)P4(=O)Oc5ccccc5-c5ccccc54)cc3)cc2)c2ccccc2)Oc2ccccc2-c2ccccc21. The van der Waals surface area contributed by atoms with Crippen LogP contribution in [0.2, 0.25) is 0 Å². The monoisotopic (exact) mass is 884 g/mol. The van der Waals surface area contributed by atoms with Crippen LogP contribution in [0.15, 0.2) is 216 Å². The first kappa shape index (κ1) is 40.5. The maximum atomic E-state index is 15.2. The van der Waals surface area contributed by atoms with E-state index in [-0.39, 0.29) is 0 Å². The molecule has 0 spiro atoms.